The Morgan fingerprint density at radius 1 is 0.909 bits per heavy atom. The van der Waals surface area contributed by atoms with E-state index < -0.39 is 10.0 Å². The number of benzene rings is 2. The number of amides is 1. The lowest BCUT2D eigenvalue weighted by atomic mass is 9.95. The molecule has 2 aliphatic heterocycles. The maximum atomic E-state index is 12.9. The third-order valence-corrected chi connectivity index (χ3v) is 8.85. The number of hydrogen-bond donors (Lipinski definition) is 1. The van der Waals surface area contributed by atoms with Gasteiger partial charge in [-0.15, -0.1) is 0 Å². The van der Waals surface area contributed by atoms with Crippen LogP contribution in [0.2, 0.25) is 0 Å². The Labute approximate surface area is 198 Å². The van der Waals surface area contributed by atoms with E-state index in [4.69, 9.17) is 0 Å². The van der Waals surface area contributed by atoms with Gasteiger partial charge in [0.05, 0.1) is 4.90 Å². The summed E-state index contributed by atoms with van der Waals surface area (Å²) in [6, 6.07) is 15.1. The Morgan fingerprint density at radius 3 is 2.18 bits per heavy atom. The zero-order valence-electron chi connectivity index (χ0n) is 19.5. The maximum absolute atomic E-state index is 12.9. The number of piperidine rings is 1. The molecule has 6 nitrogen and oxygen atoms in total. The molecule has 0 bridgehead atoms. The Morgan fingerprint density at radius 2 is 1.55 bits per heavy atom. The van der Waals surface area contributed by atoms with Gasteiger partial charge in [0.15, 0.2) is 0 Å². The first-order valence-electron chi connectivity index (χ1n) is 12.1. The molecule has 0 spiro atoms. The van der Waals surface area contributed by atoms with Gasteiger partial charge in [-0.3, -0.25) is 9.69 Å². The molecule has 4 rings (SSSR count). The molecule has 0 unspecified atom stereocenters. The highest BCUT2D eigenvalue weighted by Crippen LogP contribution is 2.24. The number of rotatable bonds is 6. The molecule has 0 radical (unpaired) electrons. The highest BCUT2D eigenvalue weighted by Gasteiger charge is 2.27. The van der Waals surface area contributed by atoms with Gasteiger partial charge in [0.2, 0.25) is 15.9 Å². The Hall–Kier alpha value is -2.22. The third kappa shape index (κ3) is 6.02. The normalized spacial score (nSPS) is 19.2. The second-order valence-electron chi connectivity index (χ2n) is 9.31. The topological polar surface area (TPSA) is 69.7 Å². The summed E-state index contributed by atoms with van der Waals surface area (Å²) < 4.78 is 27.5. The molecule has 2 fully saturated rings. The molecule has 2 aromatic carbocycles. The Balaban J connectivity index is 1.30. The van der Waals surface area contributed by atoms with Crippen molar-refractivity contribution in [3.8, 4) is 0 Å². The average Bonchev–Trinajstić information content (AvgIpc) is 3.12. The Kier molecular flexibility index (Phi) is 7.83. The number of carbonyl (C=O) groups is 1. The molecule has 7 heteroatoms. The summed E-state index contributed by atoms with van der Waals surface area (Å²) in [5, 5.41) is 2.99. The fourth-order valence-corrected chi connectivity index (χ4v) is 6.28. The molecular weight excluding hydrogens is 434 g/mol. The van der Waals surface area contributed by atoms with Gasteiger partial charge >= 0.3 is 0 Å². The SMILES string of the molecule is Cc1ccccc1CN1CCC(C(=O)Nc2ccc(S(=O)(=O)N3CCCCCC3)cc2)CC1. The van der Waals surface area contributed by atoms with Crippen LogP contribution in [0.5, 0.6) is 0 Å². The van der Waals surface area contributed by atoms with E-state index in [-0.39, 0.29) is 11.8 Å². The minimum Gasteiger partial charge on any atom is -0.326 e. The first-order chi connectivity index (χ1) is 15.9. The molecule has 2 aromatic rings. The highest BCUT2D eigenvalue weighted by atomic mass is 32.2. The summed E-state index contributed by atoms with van der Waals surface area (Å²) in [6.45, 7) is 6.04. The van der Waals surface area contributed by atoms with Crippen molar-refractivity contribution in [1.82, 2.24) is 9.21 Å². The van der Waals surface area contributed by atoms with Crippen LogP contribution in [-0.2, 0) is 21.4 Å². The second kappa shape index (κ2) is 10.8. The summed E-state index contributed by atoms with van der Waals surface area (Å²) in [6.07, 6.45) is 5.66. The molecule has 1 amide bonds. The minimum atomic E-state index is -3.47. The molecule has 178 valence electrons. The number of likely N-dealkylation sites (tertiary alicyclic amines) is 1. The zero-order valence-corrected chi connectivity index (χ0v) is 20.3. The van der Waals surface area contributed by atoms with Crippen LogP contribution >= 0.6 is 0 Å². The molecular formula is C26H35N3O3S. The van der Waals surface area contributed by atoms with E-state index in [1.54, 1.807) is 28.6 Å². The van der Waals surface area contributed by atoms with Gasteiger partial charge in [0.25, 0.3) is 0 Å². The number of carbonyl (C=O) groups excluding carboxylic acids is 1. The number of nitrogens with one attached hydrogen (secondary N) is 1. The first kappa shape index (κ1) is 23.9. The summed E-state index contributed by atoms with van der Waals surface area (Å²) in [4.78, 5) is 15.5. The predicted molar refractivity (Wildman–Crippen MR) is 131 cm³/mol. The van der Waals surface area contributed by atoms with Gasteiger partial charge < -0.3 is 5.32 Å². The van der Waals surface area contributed by atoms with Crippen LogP contribution in [0.3, 0.4) is 0 Å². The lowest BCUT2D eigenvalue weighted by Crippen LogP contribution is -2.37. The predicted octanol–water partition coefficient (Wildman–Crippen LogP) is 4.41. The van der Waals surface area contributed by atoms with Crippen molar-refractivity contribution in [2.45, 2.75) is 56.9 Å². The molecule has 2 heterocycles. The first-order valence-corrected chi connectivity index (χ1v) is 13.6. The summed E-state index contributed by atoms with van der Waals surface area (Å²) in [5.74, 6) is 0.00676. The third-order valence-electron chi connectivity index (χ3n) is 6.94. The van der Waals surface area contributed by atoms with E-state index in [0.29, 0.717) is 23.7 Å². The van der Waals surface area contributed by atoms with Crippen molar-refractivity contribution < 1.29 is 13.2 Å². The largest absolute Gasteiger partial charge is 0.326 e. The van der Waals surface area contributed by atoms with Crippen LogP contribution in [-0.4, -0.2) is 49.7 Å². The smallest absolute Gasteiger partial charge is 0.243 e. The van der Waals surface area contributed by atoms with E-state index in [0.717, 1.165) is 58.2 Å². The van der Waals surface area contributed by atoms with Crippen LogP contribution in [0.1, 0.15) is 49.7 Å². The van der Waals surface area contributed by atoms with Gasteiger partial charge in [-0.2, -0.15) is 4.31 Å². The number of nitrogens with zero attached hydrogens (tertiary/aromatic N) is 2. The van der Waals surface area contributed by atoms with Crippen LogP contribution in [0.25, 0.3) is 0 Å². The number of hydrogen-bond acceptors (Lipinski definition) is 4. The highest BCUT2D eigenvalue weighted by molar-refractivity contribution is 7.89. The van der Waals surface area contributed by atoms with Gasteiger partial charge in [0, 0.05) is 31.2 Å². The van der Waals surface area contributed by atoms with Crippen molar-refractivity contribution in [3.63, 3.8) is 0 Å². The molecule has 0 aromatic heterocycles. The van der Waals surface area contributed by atoms with E-state index >= 15 is 0 Å². The fraction of sp³-hybridized carbons (Fsp3) is 0.500. The molecule has 0 saturated carbocycles. The van der Waals surface area contributed by atoms with Gasteiger partial charge in [-0.1, -0.05) is 37.1 Å². The molecule has 0 aliphatic carbocycles. The summed E-state index contributed by atoms with van der Waals surface area (Å²) in [5.41, 5.74) is 3.30. The minimum absolute atomic E-state index is 0.0152. The monoisotopic (exact) mass is 469 g/mol. The maximum Gasteiger partial charge on any atom is 0.243 e. The fourth-order valence-electron chi connectivity index (χ4n) is 4.77. The second-order valence-corrected chi connectivity index (χ2v) is 11.2. The molecule has 33 heavy (non-hydrogen) atoms. The van der Waals surface area contributed by atoms with Crippen LogP contribution in [0, 0.1) is 12.8 Å². The van der Waals surface area contributed by atoms with Gasteiger partial charge in [-0.25, -0.2) is 8.42 Å². The van der Waals surface area contributed by atoms with Crippen LogP contribution in [0.15, 0.2) is 53.4 Å². The average molecular weight is 470 g/mol. The lowest BCUT2D eigenvalue weighted by Gasteiger charge is -2.31. The van der Waals surface area contributed by atoms with E-state index in [1.165, 1.54) is 11.1 Å². The molecule has 0 atom stereocenters. The summed E-state index contributed by atoms with van der Waals surface area (Å²) in [7, 11) is -3.47. The van der Waals surface area contributed by atoms with Gasteiger partial charge in [-0.05, 0) is 81.1 Å². The van der Waals surface area contributed by atoms with E-state index in [1.807, 2.05) is 0 Å². The Bertz CT molecular complexity index is 1040. The lowest BCUT2D eigenvalue weighted by molar-refractivity contribution is -0.121. The van der Waals surface area contributed by atoms with Gasteiger partial charge in [0.1, 0.15) is 0 Å². The van der Waals surface area contributed by atoms with Crippen LogP contribution in [0.4, 0.5) is 5.69 Å². The number of sulfonamides is 1. The van der Waals surface area contributed by atoms with Crippen molar-refractivity contribution in [3.05, 3.63) is 59.7 Å². The molecule has 2 saturated heterocycles. The molecule has 2 aliphatic rings. The van der Waals surface area contributed by atoms with Crippen molar-refractivity contribution in [1.29, 1.82) is 0 Å². The van der Waals surface area contributed by atoms with Crippen molar-refractivity contribution in [2.75, 3.05) is 31.5 Å². The number of aryl methyl sites for hydroxylation is 1. The standard InChI is InChI=1S/C26H35N3O3S/c1-21-8-4-5-9-23(21)20-28-18-14-22(15-19-28)26(30)27-24-10-12-25(13-11-24)33(31,32)29-16-6-2-3-7-17-29/h4-5,8-13,22H,2-3,6-7,14-20H2,1H3,(H,27,30). The molecule has 1 N–H and O–H groups in total. The number of anilines is 1. The van der Waals surface area contributed by atoms with Crippen molar-refractivity contribution in [2.24, 2.45) is 5.92 Å². The van der Waals surface area contributed by atoms with E-state index in [2.05, 4.69) is 41.4 Å². The summed E-state index contributed by atoms with van der Waals surface area (Å²) >= 11 is 0. The van der Waals surface area contributed by atoms with Crippen LogP contribution < -0.4 is 5.32 Å². The van der Waals surface area contributed by atoms with Crippen molar-refractivity contribution >= 4 is 21.6 Å². The quantitative estimate of drug-likeness (QED) is 0.680. The zero-order chi connectivity index (χ0) is 23.3. The van der Waals surface area contributed by atoms with E-state index in [9.17, 15) is 13.2 Å².